The number of hydrogen-bond acceptors (Lipinski definition) is 5. The zero-order valence-corrected chi connectivity index (χ0v) is 17.8. The molecule has 11 heteroatoms. The zero-order valence-electron chi connectivity index (χ0n) is 17.0. The van der Waals surface area contributed by atoms with Gasteiger partial charge in [-0.2, -0.15) is 13.2 Å². The molecule has 33 heavy (non-hydrogen) atoms. The summed E-state index contributed by atoms with van der Waals surface area (Å²) in [4.78, 5) is 24.6. The molecular formula is C22H16F3N6OS+. The Labute approximate surface area is 190 Å². The van der Waals surface area contributed by atoms with Gasteiger partial charge in [0.25, 0.3) is 0 Å². The molecule has 0 unspecified atom stereocenters. The van der Waals surface area contributed by atoms with E-state index in [9.17, 15) is 18.0 Å². The molecule has 2 heterocycles. The van der Waals surface area contributed by atoms with E-state index in [1.807, 2.05) is 36.5 Å². The number of rotatable bonds is 6. The zero-order chi connectivity index (χ0) is 23.3. The lowest BCUT2D eigenvalue weighted by Gasteiger charge is -2.03. The Hall–Kier alpha value is -3.95. The summed E-state index contributed by atoms with van der Waals surface area (Å²) in [7, 11) is 0. The van der Waals surface area contributed by atoms with E-state index in [2.05, 4.69) is 25.1 Å². The third kappa shape index (κ3) is 5.65. The summed E-state index contributed by atoms with van der Waals surface area (Å²) in [5.74, 6) is -0.655. The van der Waals surface area contributed by atoms with E-state index in [1.54, 1.807) is 17.4 Å². The van der Waals surface area contributed by atoms with Crippen molar-refractivity contribution in [3.8, 4) is 16.1 Å². The number of carbonyl (C=O) groups is 1. The maximum atomic E-state index is 12.7. The van der Waals surface area contributed by atoms with Crippen molar-refractivity contribution in [1.29, 1.82) is 0 Å². The van der Waals surface area contributed by atoms with Crippen LogP contribution in [0.1, 0.15) is 21.1 Å². The molecule has 0 aliphatic heterocycles. The van der Waals surface area contributed by atoms with Crippen molar-refractivity contribution in [2.24, 2.45) is 10.2 Å². The van der Waals surface area contributed by atoms with Crippen molar-refractivity contribution in [3.05, 3.63) is 89.6 Å². The Kier molecular flexibility index (Phi) is 6.53. The van der Waals surface area contributed by atoms with Crippen LogP contribution in [0.3, 0.4) is 0 Å². The van der Waals surface area contributed by atoms with Gasteiger partial charge in [0.2, 0.25) is 10.0 Å². The Morgan fingerprint density at radius 2 is 1.91 bits per heavy atom. The molecule has 1 amide bonds. The first kappa shape index (κ1) is 22.3. The largest absolute Gasteiger partial charge is 0.434 e. The molecular weight excluding hydrogens is 453 g/mol. The van der Waals surface area contributed by atoms with Gasteiger partial charge in [-0.3, -0.25) is 4.79 Å². The second kappa shape index (κ2) is 9.68. The number of aromatic nitrogens is 3. The van der Waals surface area contributed by atoms with Crippen LogP contribution in [-0.2, 0) is 12.6 Å². The maximum absolute atomic E-state index is 12.7. The minimum atomic E-state index is -4.55. The summed E-state index contributed by atoms with van der Waals surface area (Å²) in [6.45, 7) is 0.313. The highest BCUT2D eigenvalue weighted by Crippen LogP contribution is 2.28. The smallest absolute Gasteiger partial charge is 0.306 e. The second-order valence-electron chi connectivity index (χ2n) is 6.81. The fraction of sp³-hybridized carbons (Fsp3) is 0.136. The van der Waals surface area contributed by atoms with Crippen LogP contribution in [0.15, 0.2) is 83.5 Å². The molecule has 0 atom stereocenters. The fourth-order valence-corrected chi connectivity index (χ4v) is 3.80. The van der Waals surface area contributed by atoms with Gasteiger partial charge in [-0.25, -0.2) is 9.97 Å². The number of nitrogens with zero attached hydrogens (tertiary/aromatic N) is 6. The third-order valence-electron chi connectivity index (χ3n) is 4.50. The molecule has 0 N–H and O–H groups in total. The molecule has 0 radical (unpaired) electrons. The number of carbonyl (C=O) groups excluding carboxylic acids is 1. The van der Waals surface area contributed by atoms with Gasteiger partial charge in [-0.15, -0.1) is 11.3 Å². The van der Waals surface area contributed by atoms with Gasteiger partial charge in [0.05, 0.1) is 21.8 Å². The van der Waals surface area contributed by atoms with Crippen molar-refractivity contribution < 1.29 is 18.0 Å². The van der Waals surface area contributed by atoms with Crippen LogP contribution in [0.5, 0.6) is 0 Å². The van der Waals surface area contributed by atoms with Crippen LogP contribution in [0, 0.1) is 0 Å². The predicted octanol–water partition coefficient (Wildman–Crippen LogP) is 5.37. The molecule has 7 nitrogen and oxygen atoms in total. The lowest BCUT2D eigenvalue weighted by molar-refractivity contribution is -0.140. The van der Waals surface area contributed by atoms with E-state index in [0.717, 1.165) is 28.0 Å². The summed E-state index contributed by atoms with van der Waals surface area (Å²) in [6.07, 6.45) is -0.294. The average molecular weight is 469 g/mol. The molecule has 2 aromatic carbocycles. The SMILES string of the molecule is O=C(N=[N+]=NCCc1ncc(-c2ccccc2)s1)c1cccc(-n2cnc(C(F)(F)F)c2)c1. The van der Waals surface area contributed by atoms with Gasteiger partial charge in [0.15, 0.2) is 5.69 Å². The maximum Gasteiger partial charge on any atom is 0.434 e. The quantitative estimate of drug-likeness (QED) is 0.281. The molecule has 4 aromatic rings. The molecule has 4 rings (SSSR count). The number of benzene rings is 2. The highest BCUT2D eigenvalue weighted by molar-refractivity contribution is 7.15. The summed E-state index contributed by atoms with van der Waals surface area (Å²) in [5.41, 5.74) is 0.583. The summed E-state index contributed by atoms with van der Waals surface area (Å²) in [5, 5.41) is 8.34. The molecule has 166 valence electrons. The number of hydrogen-bond donors (Lipinski definition) is 0. The first-order valence-electron chi connectivity index (χ1n) is 9.74. The molecule has 0 spiro atoms. The second-order valence-corrected chi connectivity index (χ2v) is 7.92. The molecule has 0 bridgehead atoms. The van der Waals surface area contributed by atoms with E-state index in [4.69, 9.17) is 0 Å². The van der Waals surface area contributed by atoms with Gasteiger partial charge >= 0.3 is 12.1 Å². The lowest BCUT2D eigenvalue weighted by atomic mass is 10.2. The summed E-state index contributed by atoms with van der Waals surface area (Å²) >= 11 is 1.56. The van der Waals surface area contributed by atoms with Crippen LogP contribution < -0.4 is 4.91 Å². The van der Waals surface area contributed by atoms with E-state index < -0.39 is 17.8 Å². The van der Waals surface area contributed by atoms with Crippen LogP contribution in [0.4, 0.5) is 13.2 Å². The highest BCUT2D eigenvalue weighted by atomic mass is 32.1. The predicted molar refractivity (Wildman–Crippen MR) is 116 cm³/mol. The van der Waals surface area contributed by atoms with E-state index in [1.165, 1.54) is 22.8 Å². The minimum absolute atomic E-state index is 0.168. The third-order valence-corrected chi connectivity index (χ3v) is 5.61. The number of amides is 1. The summed E-state index contributed by atoms with van der Waals surface area (Å²) < 4.78 is 39.4. The van der Waals surface area contributed by atoms with Crippen LogP contribution in [0.2, 0.25) is 0 Å². The fourth-order valence-electron chi connectivity index (χ4n) is 2.89. The Morgan fingerprint density at radius 1 is 1.09 bits per heavy atom. The van der Waals surface area contributed by atoms with Crippen molar-refractivity contribution in [1.82, 2.24) is 19.4 Å². The molecule has 0 aliphatic carbocycles. The van der Waals surface area contributed by atoms with Crippen LogP contribution in [0.25, 0.3) is 16.1 Å². The minimum Gasteiger partial charge on any atom is -0.306 e. The van der Waals surface area contributed by atoms with Gasteiger partial charge in [0.1, 0.15) is 11.7 Å². The van der Waals surface area contributed by atoms with Crippen molar-refractivity contribution in [2.45, 2.75) is 12.6 Å². The summed E-state index contributed by atoms with van der Waals surface area (Å²) in [6, 6.07) is 15.9. The average Bonchev–Trinajstić information content (AvgIpc) is 3.50. The van der Waals surface area contributed by atoms with E-state index in [0.29, 0.717) is 18.7 Å². The van der Waals surface area contributed by atoms with E-state index >= 15 is 0 Å². The standard InChI is InChI=1S/C22H16F3N6OS/c23-22(24,25)19-13-31(14-27-19)17-8-4-7-16(11-17)21(32)29-30-28-10-9-20-26-12-18(33-20)15-5-2-1-3-6-15/h1-8,11-14H,9-10H2/q+1. The Balaban J connectivity index is 1.36. The molecule has 0 aliphatic rings. The number of halogens is 3. The number of alkyl halides is 3. The van der Waals surface area contributed by atoms with Gasteiger partial charge in [-0.1, -0.05) is 36.4 Å². The lowest BCUT2D eigenvalue weighted by Crippen LogP contribution is -2.05. The molecule has 2 aromatic heterocycles. The first-order chi connectivity index (χ1) is 15.9. The van der Waals surface area contributed by atoms with Gasteiger partial charge < -0.3 is 4.57 Å². The Morgan fingerprint density at radius 3 is 2.67 bits per heavy atom. The first-order valence-corrected chi connectivity index (χ1v) is 10.6. The van der Waals surface area contributed by atoms with Crippen LogP contribution in [-0.4, -0.2) is 27.0 Å². The normalized spacial score (nSPS) is 11.1. The molecule has 0 fully saturated rings. The number of thiazole rings is 1. The Bertz CT molecular complexity index is 1320. The van der Waals surface area contributed by atoms with E-state index in [-0.39, 0.29) is 5.56 Å². The highest BCUT2D eigenvalue weighted by Gasteiger charge is 2.33. The van der Waals surface area contributed by atoms with Crippen molar-refractivity contribution in [3.63, 3.8) is 0 Å². The van der Waals surface area contributed by atoms with Gasteiger partial charge in [0, 0.05) is 24.5 Å². The molecule has 0 saturated carbocycles. The van der Waals surface area contributed by atoms with Gasteiger partial charge in [-0.05, 0) is 23.8 Å². The van der Waals surface area contributed by atoms with Crippen molar-refractivity contribution >= 4 is 17.2 Å². The molecule has 0 saturated heterocycles. The topological polar surface area (TPSA) is 86.6 Å². The number of imidazole rings is 1. The van der Waals surface area contributed by atoms with Crippen LogP contribution >= 0.6 is 11.3 Å². The van der Waals surface area contributed by atoms with Crippen molar-refractivity contribution in [2.75, 3.05) is 6.54 Å². The monoisotopic (exact) mass is 469 g/mol.